The molecule has 8 heteroatoms. The Kier molecular flexibility index (Phi) is 4.39. The topological polar surface area (TPSA) is 66.4 Å². The Balaban J connectivity index is 2.35. The third kappa shape index (κ3) is 2.83. The predicted molar refractivity (Wildman–Crippen MR) is 83.0 cm³/mol. The Morgan fingerprint density at radius 1 is 1.25 bits per heavy atom. The number of carbonyl (C=O) groups excluding carboxylic acids is 1. The molecule has 0 aliphatic rings. The molecule has 0 aliphatic heterocycles. The number of carboxylic acid groups (broad SMARTS) is 1. The Bertz CT molecular complexity index is 706. The number of carbonyl (C=O) groups is 2. The summed E-state index contributed by atoms with van der Waals surface area (Å²) < 4.78 is 0.673. The van der Waals surface area contributed by atoms with Crippen LogP contribution in [0.15, 0.2) is 6.07 Å². The molecule has 2 aromatic heterocycles. The molecule has 20 heavy (non-hydrogen) atoms. The number of nitrogens with one attached hydrogen (secondary N) is 1. The van der Waals surface area contributed by atoms with Crippen LogP contribution in [0.4, 0.5) is 5.00 Å². The van der Waals surface area contributed by atoms with E-state index in [0.717, 1.165) is 16.2 Å². The summed E-state index contributed by atoms with van der Waals surface area (Å²) >= 11 is 14.0. The van der Waals surface area contributed by atoms with Gasteiger partial charge in [-0.25, -0.2) is 4.79 Å². The largest absolute Gasteiger partial charge is 0.478 e. The summed E-state index contributed by atoms with van der Waals surface area (Å²) in [7, 11) is 0. The van der Waals surface area contributed by atoms with Crippen LogP contribution in [-0.4, -0.2) is 17.0 Å². The summed E-state index contributed by atoms with van der Waals surface area (Å²) in [6.45, 7) is 3.51. The highest BCUT2D eigenvalue weighted by molar-refractivity contribution is 7.20. The van der Waals surface area contributed by atoms with Gasteiger partial charge < -0.3 is 10.4 Å². The number of hydrogen-bond acceptors (Lipinski definition) is 4. The molecule has 1 amide bonds. The van der Waals surface area contributed by atoms with Gasteiger partial charge in [0, 0.05) is 4.88 Å². The molecule has 2 rings (SSSR count). The number of aromatic carboxylic acids is 1. The van der Waals surface area contributed by atoms with Crippen LogP contribution in [0.1, 0.15) is 31.2 Å². The Morgan fingerprint density at radius 3 is 2.40 bits per heavy atom. The molecular weight excluding hydrogens is 341 g/mol. The van der Waals surface area contributed by atoms with Crippen molar-refractivity contribution < 1.29 is 14.7 Å². The van der Waals surface area contributed by atoms with Gasteiger partial charge in [0.15, 0.2) is 0 Å². The van der Waals surface area contributed by atoms with Crippen LogP contribution in [0.3, 0.4) is 0 Å². The zero-order valence-electron chi connectivity index (χ0n) is 10.4. The molecule has 0 aliphatic carbocycles. The number of aryl methyl sites for hydroxylation is 1. The quantitative estimate of drug-likeness (QED) is 0.844. The fraction of sp³-hybridized carbons (Fsp3) is 0.167. The molecule has 0 bridgehead atoms. The second kappa shape index (κ2) is 5.73. The van der Waals surface area contributed by atoms with Crippen molar-refractivity contribution in [3.63, 3.8) is 0 Å². The van der Waals surface area contributed by atoms with E-state index in [1.165, 1.54) is 17.4 Å². The molecule has 0 fully saturated rings. The maximum atomic E-state index is 12.1. The number of rotatable bonds is 3. The van der Waals surface area contributed by atoms with Crippen molar-refractivity contribution in [2.45, 2.75) is 13.8 Å². The maximum Gasteiger partial charge on any atom is 0.338 e. The van der Waals surface area contributed by atoms with E-state index >= 15 is 0 Å². The van der Waals surface area contributed by atoms with Crippen LogP contribution in [0.5, 0.6) is 0 Å². The average Bonchev–Trinajstić information content (AvgIpc) is 2.80. The van der Waals surface area contributed by atoms with Gasteiger partial charge in [0.25, 0.3) is 5.91 Å². The SMILES string of the molecule is Cc1sc(NC(=O)c2cc(Cl)sc2Cl)c(C(=O)O)c1C. The van der Waals surface area contributed by atoms with Gasteiger partial charge >= 0.3 is 5.97 Å². The summed E-state index contributed by atoms with van der Waals surface area (Å²) in [6, 6.07) is 1.46. The van der Waals surface area contributed by atoms with Crippen LogP contribution in [0.25, 0.3) is 0 Å². The van der Waals surface area contributed by atoms with Crippen molar-refractivity contribution in [3.8, 4) is 0 Å². The molecule has 106 valence electrons. The summed E-state index contributed by atoms with van der Waals surface area (Å²) in [4.78, 5) is 24.2. The molecule has 0 saturated heterocycles. The molecule has 0 aromatic carbocycles. The first-order chi connectivity index (χ1) is 9.31. The molecule has 4 nitrogen and oxygen atoms in total. The Hall–Kier alpha value is -1.08. The molecule has 0 spiro atoms. The number of thiophene rings is 2. The maximum absolute atomic E-state index is 12.1. The van der Waals surface area contributed by atoms with Crippen LogP contribution < -0.4 is 5.32 Å². The predicted octanol–water partition coefficient (Wildman–Crippen LogP) is 4.68. The first kappa shape index (κ1) is 15.3. The molecule has 2 aromatic rings. The van der Waals surface area contributed by atoms with E-state index in [-0.39, 0.29) is 15.5 Å². The van der Waals surface area contributed by atoms with Crippen LogP contribution in [-0.2, 0) is 0 Å². The van der Waals surface area contributed by atoms with Gasteiger partial charge in [-0.2, -0.15) is 0 Å². The monoisotopic (exact) mass is 349 g/mol. The number of carboxylic acids is 1. The van der Waals surface area contributed by atoms with E-state index in [0.29, 0.717) is 14.9 Å². The fourth-order valence-electron chi connectivity index (χ4n) is 1.64. The zero-order valence-corrected chi connectivity index (χ0v) is 13.6. The number of anilines is 1. The molecule has 0 saturated carbocycles. The lowest BCUT2D eigenvalue weighted by Gasteiger charge is -2.03. The van der Waals surface area contributed by atoms with Crippen LogP contribution in [0.2, 0.25) is 8.67 Å². The third-order valence-corrected chi connectivity index (χ3v) is 5.34. The molecule has 0 unspecified atom stereocenters. The number of amides is 1. The first-order valence-electron chi connectivity index (χ1n) is 5.40. The summed E-state index contributed by atoms with van der Waals surface area (Å²) in [5.41, 5.74) is 0.993. The molecule has 2 heterocycles. The first-order valence-corrected chi connectivity index (χ1v) is 7.79. The molecule has 0 atom stereocenters. The lowest BCUT2D eigenvalue weighted by Crippen LogP contribution is -2.13. The van der Waals surface area contributed by atoms with Crippen LogP contribution in [0, 0.1) is 13.8 Å². The van der Waals surface area contributed by atoms with Gasteiger partial charge in [-0.05, 0) is 25.5 Å². The lowest BCUT2D eigenvalue weighted by atomic mass is 10.1. The highest BCUT2D eigenvalue weighted by Crippen LogP contribution is 2.35. The van der Waals surface area contributed by atoms with Crippen molar-refractivity contribution in [3.05, 3.63) is 36.3 Å². The third-order valence-electron chi connectivity index (χ3n) is 2.73. The van der Waals surface area contributed by atoms with E-state index in [1.807, 2.05) is 0 Å². The number of hydrogen-bond donors (Lipinski definition) is 2. The minimum Gasteiger partial charge on any atom is -0.478 e. The molecule has 0 radical (unpaired) electrons. The van der Waals surface area contributed by atoms with Gasteiger partial charge in [-0.15, -0.1) is 22.7 Å². The van der Waals surface area contributed by atoms with E-state index in [1.54, 1.807) is 13.8 Å². The summed E-state index contributed by atoms with van der Waals surface area (Å²) in [6.07, 6.45) is 0. The van der Waals surface area contributed by atoms with Crippen molar-refractivity contribution in [1.29, 1.82) is 0 Å². The van der Waals surface area contributed by atoms with Gasteiger partial charge in [0.2, 0.25) is 0 Å². The second-order valence-corrected chi connectivity index (χ2v) is 7.49. The Morgan fingerprint density at radius 2 is 1.90 bits per heavy atom. The van der Waals surface area contributed by atoms with Crippen molar-refractivity contribution >= 4 is 62.8 Å². The average molecular weight is 350 g/mol. The minimum absolute atomic E-state index is 0.110. The van der Waals surface area contributed by atoms with Crippen molar-refractivity contribution in [2.75, 3.05) is 5.32 Å². The van der Waals surface area contributed by atoms with Gasteiger partial charge in [-0.1, -0.05) is 23.2 Å². The van der Waals surface area contributed by atoms with E-state index < -0.39 is 11.9 Å². The van der Waals surface area contributed by atoms with E-state index in [4.69, 9.17) is 23.2 Å². The van der Waals surface area contributed by atoms with E-state index in [2.05, 4.69) is 5.32 Å². The summed E-state index contributed by atoms with van der Waals surface area (Å²) in [5.74, 6) is -1.54. The second-order valence-electron chi connectivity index (χ2n) is 3.98. The standard InChI is InChI=1S/C12H9Cl2NO3S2/c1-4-5(2)19-11(8(4)12(17)18)15-10(16)6-3-7(13)20-9(6)14/h3H,1-2H3,(H,15,16)(H,17,18). The van der Waals surface area contributed by atoms with Crippen molar-refractivity contribution in [1.82, 2.24) is 0 Å². The van der Waals surface area contributed by atoms with Crippen LogP contribution >= 0.6 is 45.9 Å². The molecule has 2 N–H and O–H groups in total. The fourth-order valence-corrected chi connectivity index (χ4v) is 4.14. The lowest BCUT2D eigenvalue weighted by molar-refractivity contribution is 0.0697. The highest BCUT2D eigenvalue weighted by atomic mass is 35.5. The van der Waals surface area contributed by atoms with E-state index in [9.17, 15) is 14.7 Å². The zero-order chi connectivity index (χ0) is 15.0. The Labute approximate surface area is 133 Å². The van der Waals surface area contributed by atoms with Crippen molar-refractivity contribution in [2.24, 2.45) is 0 Å². The normalized spacial score (nSPS) is 10.6. The summed E-state index contributed by atoms with van der Waals surface area (Å²) in [5, 5.41) is 12.1. The smallest absolute Gasteiger partial charge is 0.338 e. The van der Waals surface area contributed by atoms with Gasteiger partial charge in [0.05, 0.1) is 15.5 Å². The number of halogens is 2. The van der Waals surface area contributed by atoms with Gasteiger partial charge in [-0.3, -0.25) is 4.79 Å². The molecular formula is C12H9Cl2NO3S2. The highest BCUT2D eigenvalue weighted by Gasteiger charge is 2.22. The minimum atomic E-state index is -1.07. The van der Waals surface area contributed by atoms with Gasteiger partial charge in [0.1, 0.15) is 9.34 Å².